The molecule has 2 heterocycles. The predicted molar refractivity (Wildman–Crippen MR) is 84.4 cm³/mol. The molecule has 1 aliphatic rings. The molecule has 114 valence electrons. The molecule has 1 unspecified atom stereocenters. The third-order valence-electron chi connectivity index (χ3n) is 3.57. The second-order valence-corrected chi connectivity index (χ2v) is 7.68. The van der Waals surface area contributed by atoms with Gasteiger partial charge in [0, 0.05) is 42.4 Å². The first-order chi connectivity index (χ1) is 9.38. The molecule has 0 aliphatic carbocycles. The summed E-state index contributed by atoms with van der Waals surface area (Å²) in [5.74, 6) is 0. The van der Waals surface area contributed by atoms with Crippen molar-refractivity contribution in [2.45, 2.75) is 45.6 Å². The standard InChI is InChI=1S/C15H27N3OS/c1-11(16)13-14(15(2,3)4)17-12(20-13)5-6-18-7-9-19-10-8-18/h11H,5-10,16H2,1-4H3. The molecule has 2 N–H and O–H groups in total. The van der Waals surface area contributed by atoms with Gasteiger partial charge >= 0.3 is 0 Å². The molecule has 0 bridgehead atoms. The Morgan fingerprint density at radius 2 is 2.00 bits per heavy atom. The Morgan fingerprint density at radius 1 is 1.35 bits per heavy atom. The Bertz CT molecular complexity index is 431. The second kappa shape index (κ2) is 6.52. The van der Waals surface area contributed by atoms with E-state index in [0.29, 0.717) is 0 Å². The van der Waals surface area contributed by atoms with Crippen LogP contribution in [-0.2, 0) is 16.6 Å². The van der Waals surface area contributed by atoms with E-state index in [-0.39, 0.29) is 11.5 Å². The van der Waals surface area contributed by atoms with Gasteiger partial charge in [0.25, 0.3) is 0 Å². The van der Waals surface area contributed by atoms with E-state index in [9.17, 15) is 0 Å². The molecule has 2 rings (SSSR count). The molecule has 1 fully saturated rings. The number of ether oxygens (including phenoxy) is 1. The summed E-state index contributed by atoms with van der Waals surface area (Å²) >= 11 is 1.79. The van der Waals surface area contributed by atoms with Gasteiger partial charge in [0.2, 0.25) is 0 Å². The lowest BCUT2D eigenvalue weighted by Gasteiger charge is -2.26. The molecule has 20 heavy (non-hydrogen) atoms. The van der Waals surface area contributed by atoms with Crippen LogP contribution in [0.1, 0.15) is 49.3 Å². The minimum absolute atomic E-state index is 0.0661. The minimum atomic E-state index is 0.0661. The zero-order valence-corrected chi connectivity index (χ0v) is 13.9. The van der Waals surface area contributed by atoms with E-state index >= 15 is 0 Å². The summed E-state index contributed by atoms with van der Waals surface area (Å²) in [6.07, 6.45) is 1.01. The molecule has 1 saturated heterocycles. The lowest BCUT2D eigenvalue weighted by atomic mass is 9.90. The zero-order chi connectivity index (χ0) is 14.8. The summed E-state index contributed by atoms with van der Waals surface area (Å²) < 4.78 is 5.38. The molecule has 1 aromatic heterocycles. The molecule has 1 aromatic rings. The lowest BCUT2D eigenvalue weighted by molar-refractivity contribution is 0.0384. The predicted octanol–water partition coefficient (Wildman–Crippen LogP) is 2.33. The average molecular weight is 297 g/mol. The van der Waals surface area contributed by atoms with Crippen molar-refractivity contribution in [3.05, 3.63) is 15.6 Å². The molecule has 5 heteroatoms. The zero-order valence-electron chi connectivity index (χ0n) is 13.1. The third-order valence-corrected chi connectivity index (χ3v) is 4.88. The van der Waals surface area contributed by atoms with Crippen LogP contribution in [0.2, 0.25) is 0 Å². The summed E-state index contributed by atoms with van der Waals surface area (Å²) in [5, 5.41) is 1.22. The van der Waals surface area contributed by atoms with E-state index in [2.05, 4.69) is 32.6 Å². The molecule has 0 spiro atoms. The van der Waals surface area contributed by atoms with Gasteiger partial charge in [-0.3, -0.25) is 4.90 Å². The maximum absolute atomic E-state index is 6.11. The summed E-state index contributed by atoms with van der Waals surface area (Å²) in [6, 6.07) is 0.0684. The van der Waals surface area contributed by atoms with Crippen molar-refractivity contribution in [2.24, 2.45) is 5.73 Å². The summed E-state index contributed by atoms with van der Waals surface area (Å²) in [5.41, 5.74) is 7.35. The molecule has 1 aliphatic heterocycles. The monoisotopic (exact) mass is 297 g/mol. The first-order valence-electron chi connectivity index (χ1n) is 7.43. The van der Waals surface area contributed by atoms with Crippen LogP contribution in [0.25, 0.3) is 0 Å². The number of nitrogens with two attached hydrogens (primary N) is 1. The highest BCUT2D eigenvalue weighted by atomic mass is 32.1. The van der Waals surface area contributed by atoms with Crippen LogP contribution in [0.5, 0.6) is 0 Å². The third kappa shape index (κ3) is 4.01. The molecule has 0 saturated carbocycles. The fraction of sp³-hybridized carbons (Fsp3) is 0.800. The number of hydrogen-bond acceptors (Lipinski definition) is 5. The summed E-state index contributed by atoms with van der Waals surface area (Å²) in [7, 11) is 0. The molecule has 0 amide bonds. The van der Waals surface area contributed by atoms with Gasteiger partial charge in [0.05, 0.1) is 23.9 Å². The number of nitrogens with zero attached hydrogens (tertiary/aromatic N) is 2. The van der Waals surface area contributed by atoms with Crippen molar-refractivity contribution >= 4 is 11.3 Å². The number of rotatable bonds is 4. The van der Waals surface area contributed by atoms with Crippen LogP contribution >= 0.6 is 11.3 Å². The maximum atomic E-state index is 6.11. The van der Waals surface area contributed by atoms with Crippen molar-refractivity contribution in [1.29, 1.82) is 0 Å². The van der Waals surface area contributed by atoms with Gasteiger partial charge in [-0.2, -0.15) is 0 Å². The fourth-order valence-electron chi connectivity index (χ4n) is 2.41. The summed E-state index contributed by atoms with van der Waals surface area (Å²) in [4.78, 5) is 8.56. The number of morpholine rings is 1. The first-order valence-corrected chi connectivity index (χ1v) is 8.25. The van der Waals surface area contributed by atoms with E-state index in [1.54, 1.807) is 11.3 Å². The van der Waals surface area contributed by atoms with Gasteiger partial charge in [0.1, 0.15) is 0 Å². The van der Waals surface area contributed by atoms with Crippen LogP contribution in [0.3, 0.4) is 0 Å². The number of hydrogen-bond donors (Lipinski definition) is 1. The highest BCUT2D eigenvalue weighted by Gasteiger charge is 2.25. The van der Waals surface area contributed by atoms with E-state index in [4.69, 9.17) is 15.5 Å². The van der Waals surface area contributed by atoms with Gasteiger partial charge in [-0.1, -0.05) is 20.8 Å². The minimum Gasteiger partial charge on any atom is -0.379 e. The van der Waals surface area contributed by atoms with E-state index in [1.165, 1.54) is 15.6 Å². The van der Waals surface area contributed by atoms with Crippen LogP contribution < -0.4 is 5.73 Å². The molecule has 1 atom stereocenters. The van der Waals surface area contributed by atoms with E-state index in [1.807, 2.05) is 0 Å². The number of aromatic nitrogens is 1. The van der Waals surface area contributed by atoms with Crippen LogP contribution in [0, 0.1) is 0 Å². The van der Waals surface area contributed by atoms with Crippen molar-refractivity contribution in [3.8, 4) is 0 Å². The van der Waals surface area contributed by atoms with Crippen LogP contribution in [0.15, 0.2) is 0 Å². The summed E-state index contributed by atoms with van der Waals surface area (Å²) in [6.45, 7) is 13.5. The normalized spacial score (nSPS) is 19.2. The quantitative estimate of drug-likeness (QED) is 0.927. The fourth-order valence-corrected chi connectivity index (χ4v) is 3.63. The smallest absolute Gasteiger partial charge is 0.0944 e. The largest absolute Gasteiger partial charge is 0.379 e. The molecule has 0 aromatic carbocycles. The van der Waals surface area contributed by atoms with Gasteiger partial charge in [0.15, 0.2) is 0 Å². The topological polar surface area (TPSA) is 51.4 Å². The maximum Gasteiger partial charge on any atom is 0.0944 e. The van der Waals surface area contributed by atoms with Crippen molar-refractivity contribution < 1.29 is 4.74 Å². The van der Waals surface area contributed by atoms with Crippen LogP contribution in [-0.4, -0.2) is 42.7 Å². The SMILES string of the molecule is CC(N)c1sc(CCN2CCOCC2)nc1C(C)(C)C. The number of thiazole rings is 1. The van der Waals surface area contributed by atoms with Gasteiger partial charge in [-0.15, -0.1) is 11.3 Å². The van der Waals surface area contributed by atoms with Crippen molar-refractivity contribution in [2.75, 3.05) is 32.8 Å². The van der Waals surface area contributed by atoms with E-state index < -0.39 is 0 Å². The average Bonchev–Trinajstić information content (AvgIpc) is 2.82. The van der Waals surface area contributed by atoms with E-state index in [0.717, 1.165) is 39.3 Å². The van der Waals surface area contributed by atoms with Crippen molar-refractivity contribution in [3.63, 3.8) is 0 Å². The Hall–Kier alpha value is -0.490. The molecular weight excluding hydrogens is 270 g/mol. The Morgan fingerprint density at radius 3 is 2.50 bits per heavy atom. The van der Waals surface area contributed by atoms with Crippen LogP contribution in [0.4, 0.5) is 0 Å². The Labute approximate surface area is 126 Å². The van der Waals surface area contributed by atoms with Gasteiger partial charge in [-0.05, 0) is 6.92 Å². The molecule has 4 nitrogen and oxygen atoms in total. The highest BCUT2D eigenvalue weighted by molar-refractivity contribution is 7.11. The molecule has 0 radical (unpaired) electrons. The Balaban J connectivity index is 2.04. The Kier molecular flexibility index (Phi) is 5.18. The van der Waals surface area contributed by atoms with Gasteiger partial charge < -0.3 is 10.5 Å². The molecular formula is C15H27N3OS. The first kappa shape index (κ1) is 15.9. The lowest BCUT2D eigenvalue weighted by Crippen LogP contribution is -2.37. The van der Waals surface area contributed by atoms with Gasteiger partial charge in [-0.25, -0.2) is 4.98 Å². The second-order valence-electron chi connectivity index (χ2n) is 6.56. The van der Waals surface area contributed by atoms with Crippen molar-refractivity contribution in [1.82, 2.24) is 9.88 Å². The highest BCUT2D eigenvalue weighted by Crippen LogP contribution is 2.33.